The molecule has 5 heteroatoms. The van der Waals surface area contributed by atoms with Gasteiger partial charge >= 0.3 is 0 Å². The fraction of sp³-hybridized carbons (Fsp3) is 0.455. The van der Waals surface area contributed by atoms with E-state index in [0.717, 1.165) is 6.42 Å². The molecule has 1 unspecified atom stereocenters. The Balaban J connectivity index is 2.30. The lowest BCUT2D eigenvalue weighted by atomic mass is 10.00. The predicted octanol–water partition coefficient (Wildman–Crippen LogP) is 3.84. The van der Waals surface area contributed by atoms with E-state index in [2.05, 4.69) is 5.32 Å². The number of rotatable bonds is 2. The molecule has 1 saturated heterocycles. The second-order valence-corrected chi connectivity index (χ2v) is 4.72. The topological polar surface area (TPSA) is 12.0 Å². The van der Waals surface area contributed by atoms with E-state index >= 15 is 0 Å². The van der Waals surface area contributed by atoms with Crippen LogP contribution in [0.2, 0.25) is 10.0 Å². The average molecular weight is 266 g/mol. The van der Waals surface area contributed by atoms with Crippen molar-refractivity contribution in [1.29, 1.82) is 0 Å². The van der Waals surface area contributed by atoms with Crippen LogP contribution in [0.3, 0.4) is 0 Å². The van der Waals surface area contributed by atoms with Crippen molar-refractivity contribution >= 4 is 23.2 Å². The molecule has 1 N–H and O–H groups in total. The van der Waals surface area contributed by atoms with Gasteiger partial charge in [-0.3, -0.25) is 0 Å². The van der Waals surface area contributed by atoms with Crippen molar-refractivity contribution in [2.24, 2.45) is 0 Å². The molecule has 1 aliphatic heterocycles. The van der Waals surface area contributed by atoms with Gasteiger partial charge in [0.05, 0.1) is 16.1 Å². The quantitative estimate of drug-likeness (QED) is 0.857. The van der Waals surface area contributed by atoms with Crippen LogP contribution in [0.25, 0.3) is 0 Å². The first kappa shape index (κ1) is 12.1. The highest BCUT2D eigenvalue weighted by atomic mass is 35.5. The number of hydrogen-bond acceptors (Lipinski definition) is 1. The molecular weight excluding hydrogens is 255 g/mol. The first-order valence-electron chi connectivity index (χ1n) is 5.08. The predicted molar refractivity (Wildman–Crippen MR) is 61.4 cm³/mol. The second-order valence-electron chi connectivity index (χ2n) is 3.90. The Morgan fingerprint density at radius 2 is 2.00 bits per heavy atom. The fourth-order valence-electron chi connectivity index (χ4n) is 1.90. The summed E-state index contributed by atoms with van der Waals surface area (Å²) in [6, 6.07) is 3.17. The van der Waals surface area contributed by atoms with Gasteiger partial charge in [-0.1, -0.05) is 29.3 Å². The zero-order valence-corrected chi connectivity index (χ0v) is 9.95. The molecule has 0 spiro atoms. The molecule has 1 aliphatic rings. The maximum atomic E-state index is 14.0. The Hall–Kier alpha value is -0.380. The molecule has 1 atom stereocenters. The third kappa shape index (κ3) is 2.17. The summed E-state index contributed by atoms with van der Waals surface area (Å²) in [5.41, 5.74) is -0.0821. The Bertz CT molecular complexity index is 390. The summed E-state index contributed by atoms with van der Waals surface area (Å²) >= 11 is 11.4. The number of benzene rings is 1. The number of halogens is 4. The maximum absolute atomic E-state index is 14.0. The highest BCUT2D eigenvalue weighted by Gasteiger charge is 2.42. The second kappa shape index (κ2) is 4.47. The van der Waals surface area contributed by atoms with E-state index in [1.165, 1.54) is 18.2 Å². The third-order valence-corrected chi connectivity index (χ3v) is 3.54. The average Bonchev–Trinajstić information content (AvgIpc) is 2.75. The lowest BCUT2D eigenvalue weighted by Gasteiger charge is -2.24. The van der Waals surface area contributed by atoms with Gasteiger partial charge in [-0.15, -0.1) is 0 Å². The van der Waals surface area contributed by atoms with E-state index < -0.39 is 12.0 Å². The lowest BCUT2D eigenvalue weighted by Crippen LogP contribution is -2.38. The third-order valence-electron chi connectivity index (χ3n) is 2.80. The Morgan fingerprint density at radius 1 is 1.25 bits per heavy atom. The Kier molecular flexibility index (Phi) is 3.38. The number of hydrogen-bond donors (Lipinski definition) is 1. The molecule has 2 rings (SSSR count). The number of nitrogens with one attached hydrogen (secondary N) is 1. The first-order valence-corrected chi connectivity index (χ1v) is 5.84. The van der Waals surface area contributed by atoms with Crippen LogP contribution in [0.1, 0.15) is 18.4 Å². The van der Waals surface area contributed by atoms with Crippen molar-refractivity contribution in [3.63, 3.8) is 0 Å². The molecule has 16 heavy (non-hydrogen) atoms. The molecule has 1 heterocycles. The Morgan fingerprint density at radius 3 is 2.56 bits per heavy atom. The van der Waals surface area contributed by atoms with Crippen LogP contribution in [0.15, 0.2) is 18.2 Å². The summed E-state index contributed by atoms with van der Waals surface area (Å²) in [5, 5.41) is 3.26. The summed E-state index contributed by atoms with van der Waals surface area (Å²) in [4.78, 5) is 0. The standard InChI is InChI=1S/C11H11Cl2F2N/c12-8-4-3-7(6-9(8)13)11(14,15)10-2-1-5-16-10/h3-4,6,10,16H,1-2,5H2. The van der Waals surface area contributed by atoms with Crippen molar-refractivity contribution in [3.05, 3.63) is 33.8 Å². The smallest absolute Gasteiger partial charge is 0.288 e. The molecule has 1 aromatic carbocycles. The lowest BCUT2D eigenvalue weighted by molar-refractivity contribution is -0.0376. The van der Waals surface area contributed by atoms with Crippen LogP contribution in [-0.4, -0.2) is 12.6 Å². The highest BCUT2D eigenvalue weighted by molar-refractivity contribution is 6.42. The van der Waals surface area contributed by atoms with Crippen LogP contribution in [0, 0.1) is 0 Å². The highest BCUT2D eigenvalue weighted by Crippen LogP contribution is 2.37. The maximum Gasteiger partial charge on any atom is 0.288 e. The zero-order valence-electron chi connectivity index (χ0n) is 8.44. The van der Waals surface area contributed by atoms with Crippen molar-refractivity contribution in [3.8, 4) is 0 Å². The van der Waals surface area contributed by atoms with Gasteiger partial charge in [0.2, 0.25) is 0 Å². The molecule has 88 valence electrons. The molecule has 1 nitrogen and oxygen atoms in total. The minimum Gasteiger partial charge on any atom is -0.308 e. The minimum atomic E-state index is -2.90. The van der Waals surface area contributed by atoms with E-state index in [0.29, 0.717) is 18.0 Å². The summed E-state index contributed by atoms with van der Waals surface area (Å²) < 4.78 is 28.0. The molecule has 0 saturated carbocycles. The Labute approximate surface area is 103 Å². The molecule has 0 aliphatic carbocycles. The molecule has 0 radical (unpaired) electrons. The molecular formula is C11H11Cl2F2N. The van der Waals surface area contributed by atoms with Crippen LogP contribution in [-0.2, 0) is 5.92 Å². The van der Waals surface area contributed by atoms with Crippen molar-refractivity contribution < 1.29 is 8.78 Å². The van der Waals surface area contributed by atoms with Gasteiger partial charge in [-0.05, 0) is 31.5 Å². The van der Waals surface area contributed by atoms with E-state index in [4.69, 9.17) is 23.2 Å². The van der Waals surface area contributed by atoms with Gasteiger partial charge in [-0.25, -0.2) is 0 Å². The summed E-state index contributed by atoms with van der Waals surface area (Å²) in [6.07, 6.45) is 1.26. The van der Waals surface area contributed by atoms with Gasteiger partial charge < -0.3 is 5.32 Å². The molecule has 1 aromatic rings. The molecule has 0 aromatic heterocycles. The van der Waals surface area contributed by atoms with Crippen molar-refractivity contribution in [1.82, 2.24) is 5.32 Å². The molecule has 0 bridgehead atoms. The van der Waals surface area contributed by atoms with E-state index in [1.54, 1.807) is 0 Å². The van der Waals surface area contributed by atoms with Gasteiger partial charge in [0, 0.05) is 5.56 Å². The van der Waals surface area contributed by atoms with E-state index in [9.17, 15) is 8.78 Å². The summed E-state index contributed by atoms with van der Waals surface area (Å²) in [7, 11) is 0. The van der Waals surface area contributed by atoms with Gasteiger partial charge in [0.1, 0.15) is 0 Å². The van der Waals surface area contributed by atoms with Crippen LogP contribution in [0.4, 0.5) is 8.78 Å². The largest absolute Gasteiger partial charge is 0.308 e. The van der Waals surface area contributed by atoms with Crippen LogP contribution < -0.4 is 5.32 Å². The van der Waals surface area contributed by atoms with Crippen LogP contribution in [0.5, 0.6) is 0 Å². The monoisotopic (exact) mass is 265 g/mol. The summed E-state index contributed by atoms with van der Waals surface area (Å²) in [5.74, 6) is -2.90. The first-order chi connectivity index (χ1) is 7.51. The van der Waals surface area contributed by atoms with Gasteiger partial charge in [0.15, 0.2) is 0 Å². The normalized spacial score (nSPS) is 21.4. The number of alkyl halides is 2. The van der Waals surface area contributed by atoms with E-state index in [-0.39, 0.29) is 10.6 Å². The summed E-state index contributed by atoms with van der Waals surface area (Å²) in [6.45, 7) is 0.640. The molecule has 0 amide bonds. The fourth-order valence-corrected chi connectivity index (χ4v) is 2.20. The minimum absolute atomic E-state index is 0.0821. The van der Waals surface area contributed by atoms with Crippen molar-refractivity contribution in [2.45, 2.75) is 24.8 Å². The van der Waals surface area contributed by atoms with Crippen molar-refractivity contribution in [2.75, 3.05) is 6.54 Å². The van der Waals surface area contributed by atoms with E-state index in [1.807, 2.05) is 0 Å². The molecule has 1 fully saturated rings. The van der Waals surface area contributed by atoms with Crippen LogP contribution >= 0.6 is 23.2 Å². The SMILES string of the molecule is FC(F)(c1ccc(Cl)c(Cl)c1)C1CCCN1. The van der Waals surface area contributed by atoms with Gasteiger partial charge in [0.25, 0.3) is 5.92 Å². The van der Waals surface area contributed by atoms with Gasteiger partial charge in [-0.2, -0.15) is 8.78 Å². The zero-order chi connectivity index (χ0) is 11.8.